The van der Waals surface area contributed by atoms with Gasteiger partial charge in [-0.2, -0.15) is 0 Å². The maximum atomic E-state index is 12.4. The molecule has 0 heterocycles. The number of amides is 3. The van der Waals surface area contributed by atoms with E-state index >= 15 is 0 Å². The molecule has 8 heteroatoms. The number of nitrogens with zero attached hydrogens (tertiary/aromatic N) is 1. The Balaban J connectivity index is 1.50. The van der Waals surface area contributed by atoms with Crippen molar-refractivity contribution < 1.29 is 14.3 Å². The second kappa shape index (κ2) is 12.6. The number of hydrogen-bond acceptors (Lipinski definition) is 4. The van der Waals surface area contributed by atoms with Crippen LogP contribution in [-0.4, -0.2) is 43.0 Å². The van der Waals surface area contributed by atoms with E-state index in [0.29, 0.717) is 40.0 Å². The molecule has 3 aromatic rings. The standard InChI is InChI=1S/C26H29ClN4O3/c1-3-31(4-2)17-16-28-25(32)19-10-12-20(13-11-19)29-26(33)30-21-14-15-24(23(27)18-21)34-22-8-6-5-7-9-22/h5-15,18H,3-4,16-17H2,1-2H3,(H,28,32)(H2,29,30,33). The van der Waals surface area contributed by atoms with Crippen molar-refractivity contribution in [1.82, 2.24) is 10.2 Å². The highest BCUT2D eigenvalue weighted by Gasteiger charge is 2.09. The number of anilines is 2. The molecule has 0 spiro atoms. The van der Waals surface area contributed by atoms with Gasteiger partial charge in [0.25, 0.3) is 5.91 Å². The van der Waals surface area contributed by atoms with Gasteiger partial charge in [-0.15, -0.1) is 0 Å². The summed E-state index contributed by atoms with van der Waals surface area (Å²) in [4.78, 5) is 26.9. The Morgan fingerprint density at radius 1 is 0.882 bits per heavy atom. The predicted octanol–water partition coefficient (Wildman–Crippen LogP) is 5.85. The summed E-state index contributed by atoms with van der Waals surface area (Å²) in [6.45, 7) is 7.48. The number of halogens is 1. The highest BCUT2D eigenvalue weighted by molar-refractivity contribution is 6.32. The second-order valence-corrected chi connectivity index (χ2v) is 7.91. The molecule has 0 aliphatic carbocycles. The Hall–Kier alpha value is -3.55. The Morgan fingerprint density at radius 2 is 1.53 bits per heavy atom. The summed E-state index contributed by atoms with van der Waals surface area (Å²) < 4.78 is 5.75. The highest BCUT2D eigenvalue weighted by Crippen LogP contribution is 2.31. The number of ether oxygens (including phenoxy) is 1. The number of carbonyl (C=O) groups excluding carboxylic acids is 2. The molecule has 0 atom stereocenters. The van der Waals surface area contributed by atoms with Crippen LogP contribution in [0.5, 0.6) is 11.5 Å². The third-order valence-corrected chi connectivity index (χ3v) is 5.47. The van der Waals surface area contributed by atoms with E-state index in [4.69, 9.17) is 16.3 Å². The van der Waals surface area contributed by atoms with E-state index in [0.717, 1.165) is 19.6 Å². The molecule has 0 fully saturated rings. The van der Waals surface area contributed by atoms with E-state index in [1.807, 2.05) is 30.3 Å². The van der Waals surface area contributed by atoms with Crippen LogP contribution in [0.3, 0.4) is 0 Å². The first-order valence-electron chi connectivity index (χ1n) is 11.2. The van der Waals surface area contributed by atoms with Crippen molar-refractivity contribution >= 4 is 34.9 Å². The van der Waals surface area contributed by atoms with Crippen molar-refractivity contribution in [3.8, 4) is 11.5 Å². The lowest BCUT2D eigenvalue weighted by atomic mass is 10.2. The number of rotatable bonds is 10. The topological polar surface area (TPSA) is 82.7 Å². The zero-order valence-corrected chi connectivity index (χ0v) is 20.1. The van der Waals surface area contributed by atoms with Gasteiger partial charge in [0.2, 0.25) is 0 Å². The van der Waals surface area contributed by atoms with Gasteiger partial charge in [0, 0.05) is 30.0 Å². The van der Waals surface area contributed by atoms with Gasteiger partial charge in [-0.05, 0) is 67.7 Å². The van der Waals surface area contributed by atoms with E-state index in [1.54, 1.807) is 42.5 Å². The zero-order chi connectivity index (χ0) is 24.3. The number of benzene rings is 3. The summed E-state index contributed by atoms with van der Waals surface area (Å²) >= 11 is 6.30. The molecule has 0 saturated heterocycles. The Morgan fingerprint density at radius 3 is 2.18 bits per heavy atom. The molecule has 3 rings (SSSR count). The van der Waals surface area contributed by atoms with Gasteiger partial charge in [0.1, 0.15) is 11.5 Å². The quantitative estimate of drug-likeness (QED) is 0.340. The van der Waals surface area contributed by atoms with Crippen LogP contribution < -0.4 is 20.7 Å². The summed E-state index contributed by atoms with van der Waals surface area (Å²) in [5.74, 6) is 1.02. The minimum atomic E-state index is -0.427. The van der Waals surface area contributed by atoms with Crippen molar-refractivity contribution in [2.45, 2.75) is 13.8 Å². The molecule has 34 heavy (non-hydrogen) atoms. The fourth-order valence-corrected chi connectivity index (χ4v) is 3.46. The molecule has 0 aliphatic heterocycles. The first-order chi connectivity index (χ1) is 16.5. The molecule has 0 bridgehead atoms. The lowest BCUT2D eigenvalue weighted by molar-refractivity contribution is 0.0949. The lowest BCUT2D eigenvalue weighted by Crippen LogP contribution is -2.34. The van der Waals surface area contributed by atoms with E-state index in [2.05, 4.69) is 34.7 Å². The van der Waals surface area contributed by atoms with Crippen molar-refractivity contribution in [1.29, 1.82) is 0 Å². The number of para-hydroxylation sites is 1. The maximum absolute atomic E-state index is 12.4. The molecular weight excluding hydrogens is 452 g/mol. The van der Waals surface area contributed by atoms with Crippen LogP contribution >= 0.6 is 11.6 Å². The van der Waals surface area contributed by atoms with Crippen molar-refractivity contribution in [2.75, 3.05) is 36.8 Å². The minimum Gasteiger partial charge on any atom is -0.456 e. The molecule has 0 aliphatic rings. The summed E-state index contributed by atoms with van der Waals surface area (Å²) in [6, 6.07) is 20.6. The maximum Gasteiger partial charge on any atom is 0.323 e. The number of hydrogen-bond donors (Lipinski definition) is 3. The Bertz CT molecular complexity index is 1090. The van der Waals surface area contributed by atoms with Gasteiger partial charge < -0.3 is 25.6 Å². The van der Waals surface area contributed by atoms with Crippen molar-refractivity contribution in [3.63, 3.8) is 0 Å². The Labute approximate surface area is 205 Å². The fraction of sp³-hybridized carbons (Fsp3) is 0.231. The number of likely N-dealkylation sites (N-methyl/N-ethyl adjacent to an activating group) is 1. The fourth-order valence-electron chi connectivity index (χ4n) is 3.24. The monoisotopic (exact) mass is 480 g/mol. The molecule has 0 saturated carbocycles. The number of carbonyl (C=O) groups is 2. The van der Waals surface area contributed by atoms with Gasteiger partial charge in [-0.3, -0.25) is 4.79 Å². The number of urea groups is 1. The van der Waals surface area contributed by atoms with Gasteiger partial charge in [-0.25, -0.2) is 4.79 Å². The molecule has 0 aromatic heterocycles. The summed E-state index contributed by atoms with van der Waals surface area (Å²) in [7, 11) is 0. The molecule has 178 valence electrons. The van der Waals surface area contributed by atoms with Gasteiger partial charge >= 0.3 is 6.03 Å². The van der Waals surface area contributed by atoms with Crippen LogP contribution in [0.25, 0.3) is 0 Å². The molecule has 7 nitrogen and oxygen atoms in total. The summed E-state index contributed by atoms with van der Waals surface area (Å²) in [5.41, 5.74) is 1.62. The lowest BCUT2D eigenvalue weighted by Gasteiger charge is -2.18. The molecular formula is C26H29ClN4O3. The largest absolute Gasteiger partial charge is 0.456 e. The second-order valence-electron chi connectivity index (χ2n) is 7.50. The Kier molecular flexibility index (Phi) is 9.31. The molecule has 3 amide bonds. The average molecular weight is 481 g/mol. The highest BCUT2D eigenvalue weighted by atomic mass is 35.5. The minimum absolute atomic E-state index is 0.143. The van der Waals surface area contributed by atoms with Crippen molar-refractivity contribution in [3.05, 3.63) is 83.4 Å². The molecule has 0 unspecified atom stereocenters. The SMILES string of the molecule is CCN(CC)CCNC(=O)c1ccc(NC(=O)Nc2ccc(Oc3ccccc3)c(Cl)c2)cc1. The third kappa shape index (κ3) is 7.50. The summed E-state index contributed by atoms with van der Waals surface area (Å²) in [6.07, 6.45) is 0. The number of nitrogens with one attached hydrogen (secondary N) is 3. The van der Waals surface area contributed by atoms with Crippen LogP contribution in [0.4, 0.5) is 16.2 Å². The third-order valence-electron chi connectivity index (χ3n) is 5.17. The van der Waals surface area contributed by atoms with E-state index in [-0.39, 0.29) is 5.91 Å². The molecule has 0 radical (unpaired) electrons. The summed E-state index contributed by atoms with van der Waals surface area (Å²) in [5, 5.41) is 8.76. The average Bonchev–Trinajstić information content (AvgIpc) is 2.84. The smallest absolute Gasteiger partial charge is 0.323 e. The van der Waals surface area contributed by atoms with E-state index in [9.17, 15) is 9.59 Å². The van der Waals surface area contributed by atoms with Gasteiger partial charge in [-0.1, -0.05) is 43.6 Å². The van der Waals surface area contributed by atoms with Crippen LogP contribution in [0.15, 0.2) is 72.8 Å². The van der Waals surface area contributed by atoms with Crippen LogP contribution in [0, 0.1) is 0 Å². The van der Waals surface area contributed by atoms with Crippen LogP contribution in [-0.2, 0) is 0 Å². The van der Waals surface area contributed by atoms with Crippen LogP contribution in [0.1, 0.15) is 24.2 Å². The first-order valence-corrected chi connectivity index (χ1v) is 11.6. The van der Waals surface area contributed by atoms with Gasteiger partial charge in [0.05, 0.1) is 5.02 Å². The van der Waals surface area contributed by atoms with Crippen LogP contribution in [0.2, 0.25) is 5.02 Å². The van der Waals surface area contributed by atoms with Crippen molar-refractivity contribution in [2.24, 2.45) is 0 Å². The van der Waals surface area contributed by atoms with E-state index < -0.39 is 6.03 Å². The predicted molar refractivity (Wildman–Crippen MR) is 137 cm³/mol. The first kappa shape index (κ1) is 25.1. The molecule has 3 aromatic carbocycles. The van der Waals surface area contributed by atoms with Gasteiger partial charge in [0.15, 0.2) is 0 Å². The van der Waals surface area contributed by atoms with E-state index in [1.165, 1.54) is 0 Å². The normalized spacial score (nSPS) is 10.6. The molecule has 3 N–H and O–H groups in total. The zero-order valence-electron chi connectivity index (χ0n) is 19.3.